The van der Waals surface area contributed by atoms with Crippen molar-refractivity contribution in [3.63, 3.8) is 0 Å². The number of hydrogen-bond donors (Lipinski definition) is 1. The first-order valence-electron chi connectivity index (χ1n) is 7.81. The van der Waals surface area contributed by atoms with Crippen molar-refractivity contribution in [1.29, 1.82) is 0 Å². The van der Waals surface area contributed by atoms with Gasteiger partial charge in [-0.3, -0.25) is 14.4 Å². The molecule has 5 nitrogen and oxygen atoms in total. The van der Waals surface area contributed by atoms with E-state index < -0.39 is 18.0 Å². The lowest BCUT2D eigenvalue weighted by Gasteiger charge is -2.14. The van der Waals surface area contributed by atoms with Crippen LogP contribution in [0.2, 0.25) is 10.0 Å². The maximum Gasteiger partial charge on any atom is 0.311 e. The molecule has 2 aromatic carbocycles. The Balaban J connectivity index is 1.91. The molecular formula is C19H17Cl2NO4. The lowest BCUT2D eigenvalue weighted by molar-refractivity contribution is -0.152. The predicted octanol–water partition coefficient (Wildman–Crippen LogP) is 4.31. The molecule has 0 aliphatic heterocycles. The zero-order chi connectivity index (χ0) is 19.3. The van der Waals surface area contributed by atoms with E-state index in [1.165, 1.54) is 19.9 Å². The van der Waals surface area contributed by atoms with Crippen LogP contribution in [0.15, 0.2) is 42.5 Å². The maximum atomic E-state index is 12.1. The first kappa shape index (κ1) is 19.9. The minimum Gasteiger partial charge on any atom is -0.452 e. The Hall–Kier alpha value is -2.37. The van der Waals surface area contributed by atoms with E-state index in [1.54, 1.807) is 36.4 Å². The van der Waals surface area contributed by atoms with Crippen LogP contribution in [0.1, 0.15) is 29.8 Å². The van der Waals surface area contributed by atoms with E-state index in [0.717, 1.165) is 0 Å². The second-order valence-electron chi connectivity index (χ2n) is 5.67. The van der Waals surface area contributed by atoms with Gasteiger partial charge in [0, 0.05) is 21.3 Å². The Morgan fingerprint density at radius 1 is 1.08 bits per heavy atom. The average Bonchev–Trinajstić information content (AvgIpc) is 2.57. The van der Waals surface area contributed by atoms with Gasteiger partial charge in [-0.15, -0.1) is 0 Å². The highest BCUT2D eigenvalue weighted by Gasteiger charge is 2.19. The summed E-state index contributed by atoms with van der Waals surface area (Å²) in [6.45, 7) is 2.93. The maximum absolute atomic E-state index is 12.1. The third kappa shape index (κ3) is 5.58. The van der Waals surface area contributed by atoms with Gasteiger partial charge in [0.15, 0.2) is 11.9 Å². The van der Waals surface area contributed by atoms with Gasteiger partial charge in [0.2, 0.25) is 0 Å². The van der Waals surface area contributed by atoms with E-state index in [2.05, 4.69) is 5.32 Å². The number of hydrogen-bond acceptors (Lipinski definition) is 4. The Bertz CT molecular complexity index is 834. The molecule has 136 valence electrons. The monoisotopic (exact) mass is 393 g/mol. The molecule has 0 bridgehead atoms. The minimum absolute atomic E-state index is 0.0639. The highest BCUT2D eigenvalue weighted by Crippen LogP contribution is 2.21. The van der Waals surface area contributed by atoms with Crippen molar-refractivity contribution in [2.24, 2.45) is 0 Å². The molecule has 0 fully saturated rings. The average molecular weight is 394 g/mol. The van der Waals surface area contributed by atoms with Crippen LogP contribution in [-0.2, 0) is 20.7 Å². The summed E-state index contributed by atoms with van der Waals surface area (Å²) in [4.78, 5) is 35.4. The minimum atomic E-state index is -0.985. The molecule has 0 aliphatic carbocycles. The predicted molar refractivity (Wildman–Crippen MR) is 101 cm³/mol. The largest absolute Gasteiger partial charge is 0.452 e. The number of nitrogens with one attached hydrogen (secondary N) is 1. The quantitative estimate of drug-likeness (QED) is 0.586. The number of carbonyl (C=O) groups is 3. The summed E-state index contributed by atoms with van der Waals surface area (Å²) in [7, 11) is 0. The van der Waals surface area contributed by atoms with Crippen molar-refractivity contribution >= 4 is 46.5 Å². The SMILES string of the molecule is CC(=O)c1ccc(NC(=O)[C@H](C)OC(=O)Cc2ccc(Cl)cc2Cl)cc1. The molecule has 0 saturated carbocycles. The molecule has 26 heavy (non-hydrogen) atoms. The Kier molecular flexibility index (Phi) is 6.77. The fourth-order valence-electron chi connectivity index (χ4n) is 2.15. The van der Waals surface area contributed by atoms with Crippen molar-refractivity contribution < 1.29 is 19.1 Å². The van der Waals surface area contributed by atoms with E-state index in [0.29, 0.717) is 26.9 Å². The van der Waals surface area contributed by atoms with E-state index >= 15 is 0 Å². The Morgan fingerprint density at radius 2 is 1.73 bits per heavy atom. The van der Waals surface area contributed by atoms with Gasteiger partial charge in [-0.2, -0.15) is 0 Å². The number of esters is 1. The van der Waals surface area contributed by atoms with Gasteiger partial charge < -0.3 is 10.1 Å². The van der Waals surface area contributed by atoms with Crippen molar-refractivity contribution in [3.05, 3.63) is 63.6 Å². The van der Waals surface area contributed by atoms with Gasteiger partial charge in [-0.25, -0.2) is 0 Å². The van der Waals surface area contributed by atoms with Gasteiger partial charge >= 0.3 is 5.97 Å². The number of benzene rings is 2. The zero-order valence-corrected chi connectivity index (χ0v) is 15.7. The standard InChI is InChI=1S/C19H17Cl2NO4/c1-11(23)13-4-7-16(8-5-13)22-19(25)12(2)26-18(24)9-14-3-6-15(20)10-17(14)21/h3-8,10,12H,9H2,1-2H3,(H,22,25)/t12-/m0/s1. The number of Topliss-reactive ketones (excluding diaryl/α,β-unsaturated/α-hetero) is 1. The van der Waals surface area contributed by atoms with Gasteiger partial charge in [-0.1, -0.05) is 29.3 Å². The molecule has 2 rings (SSSR count). The molecule has 0 heterocycles. The van der Waals surface area contributed by atoms with Gasteiger partial charge in [0.05, 0.1) is 6.42 Å². The fourth-order valence-corrected chi connectivity index (χ4v) is 2.62. The van der Waals surface area contributed by atoms with Crippen molar-refractivity contribution in [2.75, 3.05) is 5.32 Å². The smallest absolute Gasteiger partial charge is 0.311 e. The normalized spacial score (nSPS) is 11.5. The van der Waals surface area contributed by atoms with Crippen LogP contribution in [0.3, 0.4) is 0 Å². The molecule has 0 spiro atoms. The summed E-state index contributed by atoms with van der Waals surface area (Å²) < 4.78 is 5.14. The van der Waals surface area contributed by atoms with Crippen molar-refractivity contribution in [2.45, 2.75) is 26.4 Å². The topological polar surface area (TPSA) is 72.5 Å². The molecule has 0 saturated heterocycles. The summed E-state index contributed by atoms with van der Waals surface area (Å²) in [6.07, 6.45) is -1.05. The van der Waals surface area contributed by atoms with Crippen LogP contribution in [-0.4, -0.2) is 23.8 Å². The lowest BCUT2D eigenvalue weighted by Crippen LogP contribution is -2.30. The first-order chi connectivity index (χ1) is 12.3. The summed E-state index contributed by atoms with van der Waals surface area (Å²) in [5.41, 5.74) is 1.61. The Morgan fingerprint density at radius 3 is 2.31 bits per heavy atom. The molecule has 0 radical (unpaired) electrons. The number of halogens is 2. The van der Waals surface area contributed by atoms with E-state index in [-0.39, 0.29) is 12.2 Å². The van der Waals surface area contributed by atoms with Crippen LogP contribution in [0, 0.1) is 0 Å². The van der Waals surface area contributed by atoms with E-state index in [9.17, 15) is 14.4 Å². The number of ketones is 1. The van der Waals surface area contributed by atoms with Crippen LogP contribution in [0.5, 0.6) is 0 Å². The van der Waals surface area contributed by atoms with E-state index in [4.69, 9.17) is 27.9 Å². The van der Waals surface area contributed by atoms with E-state index in [1.807, 2.05) is 0 Å². The second-order valence-corrected chi connectivity index (χ2v) is 6.51. The molecule has 1 atom stereocenters. The van der Waals surface area contributed by atoms with Crippen molar-refractivity contribution in [3.8, 4) is 0 Å². The molecule has 1 amide bonds. The molecule has 0 aliphatic rings. The number of ether oxygens (including phenoxy) is 1. The molecule has 1 N–H and O–H groups in total. The molecule has 0 aromatic heterocycles. The van der Waals surface area contributed by atoms with Gasteiger partial charge in [-0.05, 0) is 55.8 Å². The Labute approximate surface area is 161 Å². The third-order valence-corrected chi connectivity index (χ3v) is 4.17. The van der Waals surface area contributed by atoms with Crippen LogP contribution in [0.4, 0.5) is 5.69 Å². The first-order valence-corrected chi connectivity index (χ1v) is 8.57. The van der Waals surface area contributed by atoms with Crippen LogP contribution >= 0.6 is 23.2 Å². The highest BCUT2D eigenvalue weighted by molar-refractivity contribution is 6.35. The van der Waals surface area contributed by atoms with Crippen LogP contribution < -0.4 is 5.32 Å². The second kappa shape index (κ2) is 8.83. The lowest BCUT2D eigenvalue weighted by atomic mass is 10.1. The van der Waals surface area contributed by atoms with Gasteiger partial charge in [0.1, 0.15) is 0 Å². The van der Waals surface area contributed by atoms with Gasteiger partial charge in [0.25, 0.3) is 5.91 Å². The molecule has 0 unspecified atom stereocenters. The number of rotatable bonds is 6. The summed E-state index contributed by atoms with van der Waals surface area (Å²) in [6, 6.07) is 11.2. The van der Waals surface area contributed by atoms with Crippen LogP contribution in [0.25, 0.3) is 0 Å². The zero-order valence-electron chi connectivity index (χ0n) is 14.2. The molecular weight excluding hydrogens is 377 g/mol. The number of anilines is 1. The summed E-state index contributed by atoms with van der Waals surface area (Å²) >= 11 is 11.8. The number of amides is 1. The third-order valence-electron chi connectivity index (χ3n) is 3.59. The summed E-state index contributed by atoms with van der Waals surface area (Å²) in [5.74, 6) is -1.12. The van der Waals surface area contributed by atoms with Crippen molar-refractivity contribution in [1.82, 2.24) is 0 Å². The number of carbonyl (C=O) groups excluding carboxylic acids is 3. The molecule has 2 aromatic rings. The summed E-state index contributed by atoms with van der Waals surface area (Å²) in [5, 5.41) is 3.45. The molecule has 7 heteroatoms. The fraction of sp³-hybridized carbons (Fsp3) is 0.211. The highest BCUT2D eigenvalue weighted by atomic mass is 35.5.